The standard InChI is InChI=1S/C25H27ClN2O2S/c1-3-19(2)28(25(30)21-11-7-12-22(26)15-21)18-24(29)27(17-23-13-8-14-31-23)16-20-9-5-4-6-10-20/h4-15,19H,3,16-18H2,1-2H3. The first-order valence-corrected chi connectivity index (χ1v) is 11.6. The van der Waals surface area contributed by atoms with Crippen LogP contribution in [0.3, 0.4) is 0 Å². The van der Waals surface area contributed by atoms with E-state index in [4.69, 9.17) is 11.6 Å². The van der Waals surface area contributed by atoms with Gasteiger partial charge in [-0.05, 0) is 48.6 Å². The average molecular weight is 455 g/mol. The van der Waals surface area contributed by atoms with Crippen LogP contribution in [0.25, 0.3) is 0 Å². The molecule has 0 aliphatic rings. The molecule has 0 N–H and O–H groups in total. The van der Waals surface area contributed by atoms with Crippen LogP contribution in [-0.4, -0.2) is 34.2 Å². The van der Waals surface area contributed by atoms with Crippen LogP contribution in [-0.2, 0) is 17.9 Å². The predicted molar refractivity (Wildman–Crippen MR) is 127 cm³/mol. The molecule has 0 radical (unpaired) electrons. The minimum Gasteiger partial charge on any atom is -0.332 e. The Balaban J connectivity index is 1.82. The summed E-state index contributed by atoms with van der Waals surface area (Å²) in [6.45, 7) is 5.03. The zero-order valence-electron chi connectivity index (χ0n) is 17.8. The molecule has 2 amide bonds. The smallest absolute Gasteiger partial charge is 0.254 e. The van der Waals surface area contributed by atoms with Crippen LogP contribution in [0.2, 0.25) is 5.02 Å². The largest absolute Gasteiger partial charge is 0.332 e. The first-order chi connectivity index (χ1) is 15.0. The third-order valence-corrected chi connectivity index (χ3v) is 6.35. The third kappa shape index (κ3) is 6.42. The van der Waals surface area contributed by atoms with Crippen molar-refractivity contribution in [3.05, 3.63) is 93.1 Å². The summed E-state index contributed by atoms with van der Waals surface area (Å²) in [4.78, 5) is 31.2. The SMILES string of the molecule is CCC(C)N(CC(=O)N(Cc1ccccc1)Cc1cccs1)C(=O)c1cccc(Cl)c1. The van der Waals surface area contributed by atoms with Gasteiger partial charge in [-0.1, -0.05) is 61.0 Å². The maximum absolute atomic E-state index is 13.4. The van der Waals surface area contributed by atoms with Gasteiger partial charge in [0.05, 0.1) is 6.54 Å². The van der Waals surface area contributed by atoms with Crippen molar-refractivity contribution in [1.82, 2.24) is 9.80 Å². The number of hydrogen-bond donors (Lipinski definition) is 0. The van der Waals surface area contributed by atoms with Crippen molar-refractivity contribution >= 4 is 34.8 Å². The van der Waals surface area contributed by atoms with Crippen LogP contribution in [0.15, 0.2) is 72.1 Å². The molecule has 0 bridgehead atoms. The predicted octanol–water partition coefficient (Wildman–Crippen LogP) is 5.87. The minimum atomic E-state index is -0.180. The van der Waals surface area contributed by atoms with Crippen LogP contribution >= 0.6 is 22.9 Å². The number of carbonyl (C=O) groups is 2. The normalized spacial score (nSPS) is 11.7. The maximum atomic E-state index is 13.4. The molecule has 0 spiro atoms. The topological polar surface area (TPSA) is 40.6 Å². The van der Waals surface area contributed by atoms with Crippen molar-refractivity contribution in [3.63, 3.8) is 0 Å². The third-order valence-electron chi connectivity index (χ3n) is 5.26. The molecular weight excluding hydrogens is 428 g/mol. The van der Waals surface area contributed by atoms with E-state index in [1.807, 2.05) is 66.6 Å². The van der Waals surface area contributed by atoms with Crippen LogP contribution in [0.4, 0.5) is 0 Å². The number of nitrogens with zero attached hydrogens (tertiary/aromatic N) is 2. The van der Waals surface area contributed by atoms with Gasteiger partial charge in [-0.3, -0.25) is 9.59 Å². The van der Waals surface area contributed by atoms with E-state index in [1.54, 1.807) is 40.5 Å². The van der Waals surface area contributed by atoms with E-state index in [1.165, 1.54) is 0 Å². The minimum absolute atomic E-state index is 0.0264. The summed E-state index contributed by atoms with van der Waals surface area (Å²) >= 11 is 7.71. The highest BCUT2D eigenvalue weighted by molar-refractivity contribution is 7.09. The number of carbonyl (C=O) groups excluding carboxylic acids is 2. The van der Waals surface area contributed by atoms with Crippen LogP contribution in [0.1, 0.15) is 41.1 Å². The zero-order chi connectivity index (χ0) is 22.2. The summed E-state index contributed by atoms with van der Waals surface area (Å²) in [5, 5.41) is 2.51. The Morgan fingerprint density at radius 3 is 2.42 bits per heavy atom. The number of hydrogen-bond acceptors (Lipinski definition) is 3. The molecule has 0 saturated carbocycles. The van der Waals surface area contributed by atoms with E-state index in [0.717, 1.165) is 16.9 Å². The van der Waals surface area contributed by atoms with Crippen LogP contribution < -0.4 is 0 Å². The van der Waals surface area contributed by atoms with Crippen LogP contribution in [0, 0.1) is 0 Å². The Hall–Kier alpha value is -2.63. The summed E-state index contributed by atoms with van der Waals surface area (Å²) in [6, 6.07) is 20.7. The molecule has 0 aliphatic carbocycles. The second-order valence-corrected chi connectivity index (χ2v) is 8.98. The summed E-state index contributed by atoms with van der Waals surface area (Å²) < 4.78 is 0. The molecule has 3 aromatic rings. The molecular formula is C25H27ClN2O2S. The van der Waals surface area contributed by atoms with Gasteiger partial charge in [0.1, 0.15) is 6.54 Å². The molecule has 1 atom stereocenters. The van der Waals surface area contributed by atoms with Crippen molar-refractivity contribution in [3.8, 4) is 0 Å². The lowest BCUT2D eigenvalue weighted by atomic mass is 10.1. The Kier molecular flexibility index (Phi) is 8.27. The number of amides is 2. The van der Waals surface area contributed by atoms with Gasteiger partial charge in [0.15, 0.2) is 0 Å². The molecule has 3 rings (SSSR count). The zero-order valence-corrected chi connectivity index (χ0v) is 19.4. The lowest BCUT2D eigenvalue weighted by Crippen LogP contribution is -2.46. The highest BCUT2D eigenvalue weighted by Gasteiger charge is 2.26. The molecule has 31 heavy (non-hydrogen) atoms. The van der Waals surface area contributed by atoms with Crippen molar-refractivity contribution < 1.29 is 9.59 Å². The van der Waals surface area contributed by atoms with Gasteiger partial charge in [-0.15, -0.1) is 11.3 Å². The summed E-state index contributed by atoms with van der Waals surface area (Å²) in [6.07, 6.45) is 0.753. The molecule has 162 valence electrons. The Labute approximate surface area is 193 Å². The van der Waals surface area contributed by atoms with Gasteiger partial charge in [0, 0.05) is 28.0 Å². The highest BCUT2D eigenvalue weighted by atomic mass is 35.5. The van der Waals surface area contributed by atoms with E-state index >= 15 is 0 Å². The fourth-order valence-corrected chi connectivity index (χ4v) is 4.22. The van der Waals surface area contributed by atoms with E-state index in [0.29, 0.717) is 23.7 Å². The average Bonchev–Trinajstić information content (AvgIpc) is 3.30. The van der Waals surface area contributed by atoms with Crippen LogP contribution in [0.5, 0.6) is 0 Å². The van der Waals surface area contributed by atoms with Gasteiger partial charge in [0.2, 0.25) is 5.91 Å². The first kappa shape index (κ1) is 23.0. The Bertz CT molecular complexity index is 992. The number of halogens is 1. The fourth-order valence-electron chi connectivity index (χ4n) is 3.31. The van der Waals surface area contributed by atoms with Gasteiger partial charge in [0.25, 0.3) is 5.91 Å². The molecule has 2 aromatic carbocycles. The summed E-state index contributed by atoms with van der Waals surface area (Å²) in [7, 11) is 0. The van der Waals surface area contributed by atoms with Crippen molar-refractivity contribution in [2.24, 2.45) is 0 Å². The fraction of sp³-hybridized carbons (Fsp3) is 0.280. The first-order valence-electron chi connectivity index (χ1n) is 10.4. The summed E-state index contributed by atoms with van der Waals surface area (Å²) in [5.74, 6) is -0.256. The molecule has 6 heteroatoms. The van der Waals surface area contributed by atoms with Crippen molar-refractivity contribution in [1.29, 1.82) is 0 Å². The lowest BCUT2D eigenvalue weighted by molar-refractivity contribution is -0.133. The number of thiophene rings is 1. The van der Waals surface area contributed by atoms with Crippen molar-refractivity contribution in [2.75, 3.05) is 6.54 Å². The van der Waals surface area contributed by atoms with Crippen molar-refractivity contribution in [2.45, 2.75) is 39.4 Å². The second kappa shape index (κ2) is 11.1. The van der Waals surface area contributed by atoms with E-state index in [-0.39, 0.29) is 24.4 Å². The Morgan fingerprint density at radius 2 is 1.77 bits per heavy atom. The molecule has 0 fully saturated rings. The molecule has 1 unspecified atom stereocenters. The summed E-state index contributed by atoms with van der Waals surface area (Å²) in [5.41, 5.74) is 1.55. The second-order valence-electron chi connectivity index (χ2n) is 7.52. The molecule has 0 saturated heterocycles. The maximum Gasteiger partial charge on any atom is 0.254 e. The molecule has 1 aromatic heterocycles. The Morgan fingerprint density at radius 1 is 1.00 bits per heavy atom. The number of benzene rings is 2. The quantitative estimate of drug-likeness (QED) is 0.405. The molecule has 1 heterocycles. The highest BCUT2D eigenvalue weighted by Crippen LogP contribution is 2.18. The molecule has 4 nitrogen and oxygen atoms in total. The van der Waals surface area contributed by atoms with E-state index in [2.05, 4.69) is 0 Å². The molecule has 0 aliphatic heterocycles. The van der Waals surface area contributed by atoms with E-state index < -0.39 is 0 Å². The van der Waals surface area contributed by atoms with Gasteiger partial charge in [-0.2, -0.15) is 0 Å². The lowest BCUT2D eigenvalue weighted by Gasteiger charge is -2.31. The van der Waals surface area contributed by atoms with E-state index in [9.17, 15) is 9.59 Å². The number of rotatable bonds is 9. The van der Waals surface area contributed by atoms with Gasteiger partial charge in [-0.25, -0.2) is 0 Å². The van der Waals surface area contributed by atoms with Gasteiger partial charge < -0.3 is 9.80 Å². The monoisotopic (exact) mass is 454 g/mol. The van der Waals surface area contributed by atoms with Gasteiger partial charge >= 0.3 is 0 Å².